The predicted octanol–water partition coefficient (Wildman–Crippen LogP) is 4.10. The van der Waals surface area contributed by atoms with Gasteiger partial charge in [0.1, 0.15) is 5.60 Å². The van der Waals surface area contributed by atoms with Crippen molar-refractivity contribution in [3.63, 3.8) is 0 Å². The first-order valence-electron chi connectivity index (χ1n) is 6.26. The number of carbonyl (C=O) groups is 1. The topological polar surface area (TPSA) is 26.3 Å². The van der Waals surface area contributed by atoms with Crippen molar-refractivity contribution in [3.8, 4) is 0 Å². The van der Waals surface area contributed by atoms with Gasteiger partial charge in [0.25, 0.3) is 0 Å². The molecular weight excluding hydrogens is 200 g/mol. The first-order valence-corrected chi connectivity index (χ1v) is 6.26. The number of hydrogen-bond donors (Lipinski definition) is 0. The summed E-state index contributed by atoms with van der Waals surface area (Å²) in [5, 5.41) is 0. The summed E-state index contributed by atoms with van der Waals surface area (Å²) in [5.74, 6) is 0.528. The fourth-order valence-electron chi connectivity index (χ4n) is 1.96. The van der Waals surface area contributed by atoms with E-state index in [4.69, 9.17) is 4.74 Å². The van der Waals surface area contributed by atoms with Crippen molar-refractivity contribution in [2.75, 3.05) is 0 Å². The van der Waals surface area contributed by atoms with Gasteiger partial charge in [-0.3, -0.25) is 4.79 Å². The van der Waals surface area contributed by atoms with Gasteiger partial charge in [-0.05, 0) is 31.8 Å². The molecule has 2 atom stereocenters. The van der Waals surface area contributed by atoms with Gasteiger partial charge in [-0.25, -0.2) is 0 Å². The predicted molar refractivity (Wildman–Crippen MR) is 68.3 cm³/mol. The van der Waals surface area contributed by atoms with Crippen molar-refractivity contribution in [2.45, 2.75) is 65.4 Å². The zero-order valence-electron chi connectivity index (χ0n) is 11.2. The lowest BCUT2D eigenvalue weighted by Crippen LogP contribution is -2.28. The largest absolute Gasteiger partial charge is 0.455 e. The summed E-state index contributed by atoms with van der Waals surface area (Å²) in [6, 6.07) is 0. The van der Waals surface area contributed by atoms with Gasteiger partial charge >= 0.3 is 5.97 Å². The molecule has 94 valence electrons. The third-order valence-corrected chi connectivity index (χ3v) is 2.96. The summed E-state index contributed by atoms with van der Waals surface area (Å²) in [4.78, 5) is 10.9. The van der Waals surface area contributed by atoms with Crippen LogP contribution in [0, 0.1) is 5.92 Å². The second-order valence-corrected chi connectivity index (χ2v) is 4.90. The molecule has 0 aromatic rings. The molecule has 0 aliphatic heterocycles. The molecule has 0 saturated heterocycles. The second-order valence-electron chi connectivity index (χ2n) is 4.90. The van der Waals surface area contributed by atoms with Crippen LogP contribution in [0.1, 0.15) is 59.8 Å². The van der Waals surface area contributed by atoms with E-state index in [-0.39, 0.29) is 5.97 Å². The first kappa shape index (κ1) is 15.2. The van der Waals surface area contributed by atoms with E-state index < -0.39 is 5.60 Å². The Balaban J connectivity index is 3.95. The monoisotopic (exact) mass is 226 g/mol. The molecule has 0 spiro atoms. The van der Waals surface area contributed by atoms with Crippen LogP contribution in [0.5, 0.6) is 0 Å². The Labute approximate surface area is 100 Å². The molecule has 0 aliphatic carbocycles. The standard InChI is InChI=1S/C14H26O2/c1-6-9-12(3)10-8-11-14(5,7-2)16-13(4)15/h7,12H,2,6,8-11H2,1,3-5H3. The molecule has 0 radical (unpaired) electrons. The van der Waals surface area contributed by atoms with E-state index in [0.29, 0.717) is 0 Å². The summed E-state index contributed by atoms with van der Waals surface area (Å²) in [5.41, 5.74) is -0.488. The molecule has 0 N–H and O–H groups in total. The molecule has 0 rings (SSSR count). The number of hydrogen-bond acceptors (Lipinski definition) is 2. The molecule has 0 aromatic heterocycles. The lowest BCUT2D eigenvalue weighted by atomic mass is 9.93. The van der Waals surface area contributed by atoms with Crippen LogP contribution in [0.4, 0.5) is 0 Å². The van der Waals surface area contributed by atoms with Crippen LogP contribution in [-0.2, 0) is 9.53 Å². The highest BCUT2D eigenvalue weighted by molar-refractivity contribution is 5.66. The number of rotatable bonds is 8. The van der Waals surface area contributed by atoms with Gasteiger partial charge in [0.2, 0.25) is 0 Å². The van der Waals surface area contributed by atoms with Gasteiger partial charge in [0.05, 0.1) is 0 Å². The van der Waals surface area contributed by atoms with Crippen LogP contribution in [0.3, 0.4) is 0 Å². The molecule has 0 saturated carbocycles. The van der Waals surface area contributed by atoms with E-state index in [1.165, 1.54) is 26.2 Å². The zero-order chi connectivity index (χ0) is 12.6. The Morgan fingerprint density at radius 3 is 2.56 bits per heavy atom. The lowest BCUT2D eigenvalue weighted by Gasteiger charge is -2.25. The minimum atomic E-state index is -0.488. The maximum atomic E-state index is 10.9. The normalized spacial score (nSPS) is 16.2. The number of esters is 1. The van der Waals surface area contributed by atoms with Crippen LogP contribution >= 0.6 is 0 Å². The molecule has 0 bridgehead atoms. The molecule has 0 aromatic carbocycles. The van der Waals surface area contributed by atoms with Crippen molar-refractivity contribution in [3.05, 3.63) is 12.7 Å². The van der Waals surface area contributed by atoms with E-state index in [9.17, 15) is 4.79 Å². The second kappa shape index (κ2) is 7.48. The fraction of sp³-hybridized carbons (Fsp3) is 0.786. The quantitative estimate of drug-likeness (QED) is 0.460. The smallest absolute Gasteiger partial charge is 0.303 e. The van der Waals surface area contributed by atoms with Crippen LogP contribution in [0.15, 0.2) is 12.7 Å². The van der Waals surface area contributed by atoms with Crippen molar-refractivity contribution < 1.29 is 9.53 Å². The first-order chi connectivity index (χ1) is 7.43. The van der Waals surface area contributed by atoms with Crippen LogP contribution in [0.25, 0.3) is 0 Å². The number of carbonyl (C=O) groups excluding carboxylic acids is 1. The molecule has 0 aliphatic rings. The molecule has 0 amide bonds. The summed E-state index contributed by atoms with van der Waals surface area (Å²) in [7, 11) is 0. The minimum absolute atomic E-state index is 0.232. The maximum Gasteiger partial charge on any atom is 0.303 e. The molecule has 2 unspecified atom stereocenters. The van der Waals surface area contributed by atoms with Crippen LogP contribution in [-0.4, -0.2) is 11.6 Å². The number of ether oxygens (including phenoxy) is 1. The Morgan fingerprint density at radius 1 is 1.50 bits per heavy atom. The molecule has 0 heterocycles. The summed E-state index contributed by atoms with van der Waals surface area (Å²) >= 11 is 0. The minimum Gasteiger partial charge on any atom is -0.455 e. The van der Waals surface area contributed by atoms with Crippen LogP contribution in [0.2, 0.25) is 0 Å². The van der Waals surface area contributed by atoms with E-state index in [1.807, 2.05) is 6.92 Å². The van der Waals surface area contributed by atoms with Crippen LogP contribution < -0.4 is 0 Å². The Kier molecular flexibility index (Phi) is 7.11. The highest BCUT2D eigenvalue weighted by atomic mass is 16.6. The molecule has 2 heteroatoms. The van der Waals surface area contributed by atoms with Gasteiger partial charge in [0, 0.05) is 6.92 Å². The molecule has 16 heavy (non-hydrogen) atoms. The van der Waals surface area contributed by atoms with Gasteiger partial charge in [-0.1, -0.05) is 39.7 Å². The van der Waals surface area contributed by atoms with Gasteiger partial charge in [-0.2, -0.15) is 0 Å². The fourth-order valence-corrected chi connectivity index (χ4v) is 1.96. The highest BCUT2D eigenvalue weighted by Crippen LogP contribution is 2.23. The Bertz CT molecular complexity index is 223. The summed E-state index contributed by atoms with van der Waals surface area (Å²) in [6.07, 6.45) is 7.39. The molecule has 2 nitrogen and oxygen atoms in total. The maximum absolute atomic E-state index is 10.9. The average molecular weight is 226 g/mol. The molecular formula is C14H26O2. The van der Waals surface area contributed by atoms with E-state index in [0.717, 1.165) is 18.8 Å². The Hall–Kier alpha value is -0.790. The van der Waals surface area contributed by atoms with Gasteiger partial charge in [-0.15, -0.1) is 0 Å². The summed E-state index contributed by atoms with van der Waals surface area (Å²) < 4.78 is 5.27. The lowest BCUT2D eigenvalue weighted by molar-refractivity contribution is -0.151. The van der Waals surface area contributed by atoms with Crippen molar-refractivity contribution in [2.24, 2.45) is 5.92 Å². The van der Waals surface area contributed by atoms with Crippen molar-refractivity contribution in [1.82, 2.24) is 0 Å². The molecule has 0 fully saturated rings. The summed E-state index contributed by atoms with van der Waals surface area (Å²) in [6.45, 7) is 11.6. The van der Waals surface area contributed by atoms with E-state index in [1.54, 1.807) is 6.08 Å². The Morgan fingerprint density at radius 2 is 2.12 bits per heavy atom. The van der Waals surface area contributed by atoms with E-state index in [2.05, 4.69) is 20.4 Å². The average Bonchev–Trinajstić information content (AvgIpc) is 2.17. The third kappa shape index (κ3) is 6.65. The van der Waals surface area contributed by atoms with Crippen molar-refractivity contribution in [1.29, 1.82) is 0 Å². The zero-order valence-corrected chi connectivity index (χ0v) is 11.2. The third-order valence-electron chi connectivity index (χ3n) is 2.96. The van der Waals surface area contributed by atoms with Gasteiger partial charge in [0.15, 0.2) is 0 Å². The SMILES string of the molecule is C=CC(C)(CCCC(C)CCC)OC(C)=O. The highest BCUT2D eigenvalue weighted by Gasteiger charge is 2.23. The van der Waals surface area contributed by atoms with Crippen molar-refractivity contribution >= 4 is 5.97 Å². The van der Waals surface area contributed by atoms with Gasteiger partial charge < -0.3 is 4.74 Å². The van der Waals surface area contributed by atoms with E-state index >= 15 is 0 Å².